The molecule has 1 heterocycles. The summed E-state index contributed by atoms with van der Waals surface area (Å²) in [6.07, 6.45) is 1.47. The molecule has 0 spiro atoms. The van der Waals surface area contributed by atoms with Crippen molar-refractivity contribution in [1.82, 2.24) is 9.78 Å². The molecular weight excluding hydrogens is 341 g/mol. The van der Waals surface area contributed by atoms with Gasteiger partial charge in [-0.1, -0.05) is 42.5 Å². The minimum absolute atomic E-state index is 0.00986. The Morgan fingerprint density at radius 3 is 2.32 bits per heavy atom. The van der Waals surface area contributed by atoms with E-state index in [9.17, 15) is 12.8 Å². The van der Waals surface area contributed by atoms with Crippen LogP contribution in [-0.4, -0.2) is 18.2 Å². The van der Waals surface area contributed by atoms with Crippen molar-refractivity contribution in [3.05, 3.63) is 66.6 Å². The highest BCUT2D eigenvalue weighted by molar-refractivity contribution is 7.92. The van der Waals surface area contributed by atoms with E-state index in [-0.39, 0.29) is 16.6 Å². The standard InChI is InChI=1S/C18H18FN3O2S/c1-13(2)22-12-17(18(20-22)14-8-4-3-5-9-14)25(23,24)21-16-11-7-6-10-15(16)19/h3-13,21H,1-2H3. The van der Waals surface area contributed by atoms with Gasteiger partial charge in [-0.05, 0) is 26.0 Å². The molecule has 0 saturated carbocycles. The van der Waals surface area contributed by atoms with Crippen molar-refractivity contribution in [3.63, 3.8) is 0 Å². The smallest absolute Gasteiger partial charge is 0.265 e. The molecule has 130 valence electrons. The van der Waals surface area contributed by atoms with Gasteiger partial charge in [0, 0.05) is 17.8 Å². The lowest BCUT2D eigenvalue weighted by molar-refractivity contribution is 0.532. The Balaban J connectivity index is 2.10. The Morgan fingerprint density at radius 2 is 1.68 bits per heavy atom. The summed E-state index contributed by atoms with van der Waals surface area (Å²) >= 11 is 0. The number of hydrogen-bond acceptors (Lipinski definition) is 3. The number of para-hydroxylation sites is 1. The van der Waals surface area contributed by atoms with E-state index in [1.807, 2.05) is 32.0 Å². The molecule has 0 saturated heterocycles. The van der Waals surface area contributed by atoms with Crippen LogP contribution in [0.15, 0.2) is 65.7 Å². The molecule has 0 bridgehead atoms. The van der Waals surface area contributed by atoms with E-state index in [4.69, 9.17) is 0 Å². The van der Waals surface area contributed by atoms with Gasteiger partial charge < -0.3 is 0 Å². The third-order valence-corrected chi connectivity index (χ3v) is 5.05. The van der Waals surface area contributed by atoms with Crippen LogP contribution in [0, 0.1) is 5.82 Å². The minimum Gasteiger partial charge on any atom is -0.277 e. The quantitative estimate of drug-likeness (QED) is 0.747. The zero-order valence-corrected chi connectivity index (χ0v) is 14.7. The van der Waals surface area contributed by atoms with Gasteiger partial charge in [0.25, 0.3) is 10.0 Å². The lowest BCUT2D eigenvalue weighted by atomic mass is 10.2. The monoisotopic (exact) mass is 359 g/mol. The average molecular weight is 359 g/mol. The summed E-state index contributed by atoms with van der Waals surface area (Å²) in [5.74, 6) is -0.636. The molecule has 3 aromatic rings. The van der Waals surface area contributed by atoms with Gasteiger partial charge in [-0.25, -0.2) is 12.8 Å². The van der Waals surface area contributed by atoms with E-state index in [1.165, 1.54) is 24.4 Å². The van der Waals surface area contributed by atoms with Crippen LogP contribution < -0.4 is 4.72 Å². The fourth-order valence-electron chi connectivity index (χ4n) is 2.38. The first kappa shape index (κ1) is 17.2. The van der Waals surface area contributed by atoms with Crippen molar-refractivity contribution in [3.8, 4) is 11.3 Å². The average Bonchev–Trinajstić information content (AvgIpc) is 3.04. The number of benzene rings is 2. The molecule has 1 aromatic heterocycles. The maximum atomic E-state index is 13.8. The fraction of sp³-hybridized carbons (Fsp3) is 0.167. The molecule has 0 amide bonds. The first-order valence-electron chi connectivity index (χ1n) is 7.80. The lowest BCUT2D eigenvalue weighted by Crippen LogP contribution is -2.14. The lowest BCUT2D eigenvalue weighted by Gasteiger charge is -2.08. The van der Waals surface area contributed by atoms with E-state index in [2.05, 4.69) is 9.82 Å². The van der Waals surface area contributed by atoms with Crippen LogP contribution in [0.2, 0.25) is 0 Å². The molecular formula is C18H18FN3O2S. The van der Waals surface area contributed by atoms with Crippen molar-refractivity contribution in [1.29, 1.82) is 0 Å². The van der Waals surface area contributed by atoms with Gasteiger partial charge in [0.2, 0.25) is 0 Å². The zero-order valence-electron chi connectivity index (χ0n) is 13.8. The Hall–Kier alpha value is -2.67. The first-order chi connectivity index (χ1) is 11.9. The SMILES string of the molecule is CC(C)n1cc(S(=O)(=O)Nc2ccccc2F)c(-c2ccccc2)n1. The second kappa shape index (κ2) is 6.68. The highest BCUT2D eigenvalue weighted by atomic mass is 32.2. The number of hydrogen-bond donors (Lipinski definition) is 1. The maximum Gasteiger partial charge on any atom is 0.265 e. The van der Waals surface area contributed by atoms with Crippen LogP contribution in [0.25, 0.3) is 11.3 Å². The molecule has 0 fully saturated rings. The van der Waals surface area contributed by atoms with Crippen molar-refractivity contribution in [2.45, 2.75) is 24.8 Å². The number of anilines is 1. The van der Waals surface area contributed by atoms with Crippen molar-refractivity contribution >= 4 is 15.7 Å². The molecule has 0 aliphatic carbocycles. The summed E-state index contributed by atoms with van der Waals surface area (Å²) in [5.41, 5.74) is 0.910. The molecule has 0 aliphatic heterocycles. The Labute approximate surface area is 146 Å². The van der Waals surface area contributed by atoms with Crippen LogP contribution in [0.5, 0.6) is 0 Å². The van der Waals surface area contributed by atoms with E-state index >= 15 is 0 Å². The topological polar surface area (TPSA) is 64.0 Å². The molecule has 0 atom stereocenters. The fourth-order valence-corrected chi connectivity index (χ4v) is 3.60. The van der Waals surface area contributed by atoms with Crippen LogP contribution in [-0.2, 0) is 10.0 Å². The van der Waals surface area contributed by atoms with Crippen molar-refractivity contribution in [2.24, 2.45) is 0 Å². The summed E-state index contributed by atoms with van der Waals surface area (Å²) in [6, 6.07) is 14.7. The van der Waals surface area contributed by atoms with Crippen LogP contribution in [0.1, 0.15) is 19.9 Å². The summed E-state index contributed by atoms with van der Waals surface area (Å²) in [5, 5.41) is 4.41. The normalized spacial score (nSPS) is 11.7. The Morgan fingerprint density at radius 1 is 1.04 bits per heavy atom. The van der Waals surface area contributed by atoms with Crippen molar-refractivity contribution < 1.29 is 12.8 Å². The molecule has 5 nitrogen and oxygen atoms in total. The molecule has 0 unspecified atom stereocenters. The second-order valence-electron chi connectivity index (χ2n) is 5.87. The predicted molar refractivity (Wildman–Crippen MR) is 95.3 cm³/mol. The number of nitrogens with zero attached hydrogens (tertiary/aromatic N) is 2. The summed E-state index contributed by atoms with van der Waals surface area (Å²) in [6.45, 7) is 3.81. The Kier molecular flexibility index (Phi) is 4.59. The predicted octanol–water partition coefficient (Wildman–Crippen LogP) is 4.07. The molecule has 7 heteroatoms. The van der Waals surface area contributed by atoms with Gasteiger partial charge in [0.15, 0.2) is 0 Å². The Bertz CT molecular complexity index is 983. The minimum atomic E-state index is -4.00. The first-order valence-corrected chi connectivity index (χ1v) is 9.29. The largest absolute Gasteiger partial charge is 0.277 e. The number of sulfonamides is 1. The van der Waals surface area contributed by atoms with Crippen LogP contribution >= 0.6 is 0 Å². The molecule has 2 aromatic carbocycles. The highest BCUT2D eigenvalue weighted by Gasteiger charge is 2.25. The molecule has 0 aliphatic rings. The number of rotatable bonds is 5. The number of aromatic nitrogens is 2. The summed E-state index contributed by atoms with van der Waals surface area (Å²) in [4.78, 5) is 0.00986. The summed E-state index contributed by atoms with van der Waals surface area (Å²) < 4.78 is 43.4. The number of nitrogens with one attached hydrogen (secondary N) is 1. The van der Waals surface area contributed by atoms with Gasteiger partial charge in [-0.3, -0.25) is 9.40 Å². The van der Waals surface area contributed by atoms with Crippen LogP contribution in [0.4, 0.5) is 10.1 Å². The summed E-state index contributed by atoms with van der Waals surface area (Å²) in [7, 11) is -4.00. The van der Waals surface area contributed by atoms with E-state index in [0.29, 0.717) is 11.3 Å². The van der Waals surface area contributed by atoms with Gasteiger partial charge in [0.1, 0.15) is 16.4 Å². The molecule has 0 radical (unpaired) electrons. The second-order valence-corrected chi connectivity index (χ2v) is 7.52. The van der Waals surface area contributed by atoms with Crippen molar-refractivity contribution in [2.75, 3.05) is 4.72 Å². The van der Waals surface area contributed by atoms with E-state index in [1.54, 1.807) is 22.9 Å². The van der Waals surface area contributed by atoms with Gasteiger partial charge in [-0.15, -0.1) is 0 Å². The number of halogens is 1. The van der Waals surface area contributed by atoms with Crippen LogP contribution in [0.3, 0.4) is 0 Å². The van der Waals surface area contributed by atoms with Gasteiger partial charge in [-0.2, -0.15) is 5.10 Å². The highest BCUT2D eigenvalue weighted by Crippen LogP contribution is 2.29. The molecule has 25 heavy (non-hydrogen) atoms. The third-order valence-electron chi connectivity index (χ3n) is 3.68. The van der Waals surface area contributed by atoms with E-state index < -0.39 is 15.8 Å². The molecule has 3 rings (SSSR count). The van der Waals surface area contributed by atoms with Gasteiger partial charge >= 0.3 is 0 Å². The molecule has 1 N–H and O–H groups in total. The zero-order chi connectivity index (χ0) is 18.0. The van der Waals surface area contributed by atoms with Gasteiger partial charge in [0.05, 0.1) is 5.69 Å². The third kappa shape index (κ3) is 3.56. The maximum absolute atomic E-state index is 13.8. The van der Waals surface area contributed by atoms with E-state index in [0.717, 1.165) is 0 Å².